The number of carboxylic acid groups (broad SMARTS) is 1. The summed E-state index contributed by atoms with van der Waals surface area (Å²) in [6, 6.07) is 35.1. The van der Waals surface area contributed by atoms with E-state index < -0.39 is 11.8 Å². The summed E-state index contributed by atoms with van der Waals surface area (Å²) in [4.78, 5) is 9.12. The van der Waals surface area contributed by atoms with Gasteiger partial charge >= 0.3 is 11.5 Å². The van der Waals surface area contributed by atoms with Crippen LogP contribution in [0, 0.1) is 0 Å². The summed E-state index contributed by atoms with van der Waals surface area (Å²) < 4.78 is 6.21. The molecule has 0 saturated carbocycles. The van der Waals surface area contributed by atoms with Gasteiger partial charge in [0.05, 0.1) is 35.1 Å². The zero-order valence-corrected chi connectivity index (χ0v) is 16.4. The van der Waals surface area contributed by atoms with E-state index in [0.29, 0.717) is 0 Å². The lowest BCUT2D eigenvalue weighted by atomic mass is 10.0. The van der Waals surface area contributed by atoms with Gasteiger partial charge in [-0.1, -0.05) is 66.7 Å². The molecule has 0 fully saturated rings. The number of rotatable bonds is 4. The maximum Gasteiger partial charge on any atom is 0.361 e. The van der Waals surface area contributed by atoms with Gasteiger partial charge in [0.2, 0.25) is 0 Å². The average Bonchev–Trinajstić information content (AvgIpc) is 2.81. The normalized spacial score (nSPS) is 9.97. The minimum absolute atomic E-state index is 0.417. The number of hydrogen-bond donors (Lipinski definition) is 0. The number of aliphatic carboxylic acids is 1. The second-order valence-corrected chi connectivity index (χ2v) is 6.45. The molecule has 0 N–H and O–H groups in total. The molecule has 0 atom stereocenters. The largest absolute Gasteiger partial charge is 0.549 e. The monoisotopic (exact) mass is 402 g/mol. The van der Waals surface area contributed by atoms with Crippen LogP contribution in [-0.4, -0.2) is 11.8 Å². The van der Waals surface area contributed by atoms with E-state index in [4.69, 9.17) is 14.3 Å². The highest BCUT2D eigenvalue weighted by Gasteiger charge is 2.20. The Hall–Kier alpha value is -3.43. The summed E-state index contributed by atoms with van der Waals surface area (Å²) >= 11 is 4.67. The maximum absolute atomic E-state index is 9.12. The fraction of sp³-hybridized carbons (Fsp3) is 0.0400. The van der Waals surface area contributed by atoms with Crippen LogP contribution in [0.5, 0.6) is 0 Å². The molecule has 0 saturated heterocycles. The minimum atomic E-state index is -1.23. The third-order valence-electron chi connectivity index (χ3n) is 4.13. The van der Waals surface area contributed by atoms with Crippen molar-refractivity contribution in [2.75, 3.05) is 5.88 Å². The lowest BCUT2D eigenvalue weighted by molar-refractivity contribution is -0.301. The van der Waals surface area contributed by atoms with E-state index in [0.717, 1.165) is 28.2 Å². The molecule has 3 nitrogen and oxygen atoms in total. The zero-order valence-electron chi connectivity index (χ0n) is 15.6. The number of halogens is 1. The highest BCUT2D eigenvalue weighted by Crippen LogP contribution is 2.32. The lowest BCUT2D eigenvalue weighted by Crippen LogP contribution is -2.23. The molecule has 4 aromatic rings. The first-order valence-corrected chi connectivity index (χ1v) is 9.61. The molecule has 0 bridgehead atoms. The summed E-state index contributed by atoms with van der Waals surface area (Å²) in [6.07, 6.45) is 0. The van der Waals surface area contributed by atoms with Gasteiger partial charge in [-0.25, -0.2) is 4.42 Å². The molecule has 0 aliphatic heterocycles. The van der Waals surface area contributed by atoms with Gasteiger partial charge in [-0.15, -0.1) is 11.6 Å². The molecule has 0 aliphatic rings. The van der Waals surface area contributed by atoms with Gasteiger partial charge in [0.15, 0.2) is 0 Å². The van der Waals surface area contributed by atoms with Gasteiger partial charge in [-0.3, -0.25) is 0 Å². The molecule has 0 amide bonds. The van der Waals surface area contributed by atoms with Gasteiger partial charge in [0.1, 0.15) is 0 Å². The smallest absolute Gasteiger partial charge is 0.361 e. The Balaban J connectivity index is 0.000000431. The van der Waals surface area contributed by atoms with Crippen LogP contribution in [0.15, 0.2) is 108 Å². The van der Waals surface area contributed by atoms with E-state index in [9.17, 15) is 0 Å². The topological polar surface area (TPSA) is 51.4 Å². The maximum atomic E-state index is 9.12. The predicted octanol–water partition coefficient (Wildman–Crippen LogP) is 5.54. The molecular weight excluding hydrogens is 384 g/mol. The molecule has 1 heterocycles. The minimum Gasteiger partial charge on any atom is -0.549 e. The van der Waals surface area contributed by atoms with E-state index in [2.05, 4.69) is 72.3 Å². The first-order valence-electron chi connectivity index (χ1n) is 9.07. The predicted molar refractivity (Wildman–Crippen MR) is 115 cm³/mol. The standard InChI is InChI=1S/C23H17O.C2H3ClO2/c1-4-10-18(11-5-1)21-16-22(19-12-6-2-7-13-19)24-23(17-21)20-14-8-3-9-15-20;3-1-2(4)5/h1-17H;1H2,(H,4,5)/q+1;/p-1. The van der Waals surface area contributed by atoms with E-state index >= 15 is 0 Å². The Bertz CT molecular complexity index is 910. The number of carbonyl (C=O) groups excluding carboxylic acids is 1. The number of carboxylic acids is 1. The van der Waals surface area contributed by atoms with E-state index in [1.165, 1.54) is 5.56 Å². The van der Waals surface area contributed by atoms with Crippen LogP contribution in [0.25, 0.3) is 33.8 Å². The van der Waals surface area contributed by atoms with Crippen molar-refractivity contribution in [1.82, 2.24) is 0 Å². The quantitative estimate of drug-likeness (QED) is 0.333. The van der Waals surface area contributed by atoms with Gasteiger partial charge < -0.3 is 9.90 Å². The highest BCUT2D eigenvalue weighted by molar-refractivity contribution is 6.25. The SMILES string of the molecule is O=C([O-])CCl.c1ccc(-c2cc(-c3ccccc3)[o+]c(-c3ccccc3)c2)cc1. The Morgan fingerprint density at radius 1 is 0.655 bits per heavy atom. The molecule has 0 radical (unpaired) electrons. The Labute approximate surface area is 174 Å². The zero-order chi connectivity index (χ0) is 20.5. The second kappa shape index (κ2) is 10.2. The Morgan fingerprint density at radius 3 is 1.34 bits per heavy atom. The van der Waals surface area contributed by atoms with Crippen LogP contribution < -0.4 is 5.11 Å². The van der Waals surface area contributed by atoms with Crippen LogP contribution in [-0.2, 0) is 4.79 Å². The Morgan fingerprint density at radius 2 is 1.00 bits per heavy atom. The summed E-state index contributed by atoms with van der Waals surface area (Å²) in [5.74, 6) is 0.0956. The van der Waals surface area contributed by atoms with E-state index in [1.807, 2.05) is 42.5 Å². The molecule has 0 aliphatic carbocycles. The fourth-order valence-corrected chi connectivity index (χ4v) is 2.79. The molecule has 0 spiro atoms. The molecule has 3 aromatic carbocycles. The van der Waals surface area contributed by atoms with Crippen LogP contribution in [0.3, 0.4) is 0 Å². The van der Waals surface area contributed by atoms with Crippen molar-refractivity contribution in [3.8, 4) is 33.8 Å². The van der Waals surface area contributed by atoms with Crippen molar-refractivity contribution in [2.24, 2.45) is 0 Å². The van der Waals surface area contributed by atoms with Crippen molar-refractivity contribution in [3.63, 3.8) is 0 Å². The van der Waals surface area contributed by atoms with Crippen LogP contribution in [0.4, 0.5) is 0 Å². The van der Waals surface area contributed by atoms with Gasteiger partial charge in [0, 0.05) is 5.56 Å². The summed E-state index contributed by atoms with van der Waals surface area (Å²) in [6.45, 7) is 0. The molecule has 144 valence electrons. The first-order chi connectivity index (χ1) is 14.2. The third-order valence-corrected chi connectivity index (χ3v) is 4.34. The summed E-state index contributed by atoms with van der Waals surface area (Å²) in [7, 11) is 0. The molecular formula is C25H19ClO3. The fourth-order valence-electron chi connectivity index (χ4n) is 2.79. The lowest BCUT2D eigenvalue weighted by Gasteiger charge is -2.02. The van der Waals surface area contributed by atoms with Crippen molar-refractivity contribution in [1.29, 1.82) is 0 Å². The summed E-state index contributed by atoms with van der Waals surface area (Å²) in [5, 5.41) is 9.12. The number of hydrogen-bond acceptors (Lipinski definition) is 2. The van der Waals surface area contributed by atoms with Crippen molar-refractivity contribution in [2.45, 2.75) is 0 Å². The summed E-state index contributed by atoms with van der Waals surface area (Å²) in [5.41, 5.74) is 4.49. The van der Waals surface area contributed by atoms with E-state index in [1.54, 1.807) is 0 Å². The highest BCUT2D eigenvalue weighted by atomic mass is 35.5. The average molecular weight is 403 g/mol. The van der Waals surface area contributed by atoms with Gasteiger partial charge in [0.25, 0.3) is 0 Å². The molecule has 1 aromatic heterocycles. The van der Waals surface area contributed by atoms with Crippen LogP contribution >= 0.6 is 11.6 Å². The molecule has 4 rings (SSSR count). The van der Waals surface area contributed by atoms with Crippen LogP contribution in [0.1, 0.15) is 0 Å². The number of alkyl halides is 1. The van der Waals surface area contributed by atoms with E-state index in [-0.39, 0.29) is 0 Å². The molecule has 29 heavy (non-hydrogen) atoms. The van der Waals surface area contributed by atoms with Crippen LogP contribution in [0.2, 0.25) is 0 Å². The van der Waals surface area contributed by atoms with Gasteiger partial charge in [-0.2, -0.15) is 0 Å². The second-order valence-electron chi connectivity index (χ2n) is 6.18. The van der Waals surface area contributed by atoms with Crippen molar-refractivity contribution >= 4 is 17.6 Å². The van der Waals surface area contributed by atoms with Gasteiger partial charge in [-0.05, 0) is 29.8 Å². The van der Waals surface area contributed by atoms with Crippen molar-refractivity contribution < 1.29 is 14.3 Å². The Kier molecular flexibility index (Phi) is 7.15. The number of carbonyl (C=O) groups is 1. The number of benzene rings is 3. The molecule has 4 heteroatoms. The van der Waals surface area contributed by atoms with Crippen molar-refractivity contribution in [3.05, 3.63) is 103 Å². The first kappa shape index (κ1) is 20.3. The third kappa shape index (κ3) is 5.77. The molecule has 0 unspecified atom stereocenters.